The molecule has 3 heteroatoms. The van der Waals surface area contributed by atoms with Crippen molar-refractivity contribution in [2.45, 2.75) is 79.1 Å². The third kappa shape index (κ3) is 9.07. The second-order valence-corrected chi connectivity index (χ2v) is 7.26. The van der Waals surface area contributed by atoms with Gasteiger partial charge in [0.1, 0.15) is 5.84 Å². The number of nitrogens with zero attached hydrogens (tertiary/aromatic N) is 1. The van der Waals surface area contributed by atoms with Crippen molar-refractivity contribution in [3.63, 3.8) is 0 Å². The highest BCUT2D eigenvalue weighted by molar-refractivity contribution is 5.83. The average molecular weight is 333 g/mol. The van der Waals surface area contributed by atoms with E-state index in [-0.39, 0.29) is 0 Å². The summed E-state index contributed by atoms with van der Waals surface area (Å²) in [6, 6.07) is 0. The van der Waals surface area contributed by atoms with Gasteiger partial charge in [-0.25, -0.2) is 0 Å². The van der Waals surface area contributed by atoms with Crippen LogP contribution in [-0.4, -0.2) is 17.6 Å². The summed E-state index contributed by atoms with van der Waals surface area (Å²) in [5.74, 6) is 1.17. The van der Waals surface area contributed by atoms with E-state index >= 15 is 0 Å². The Morgan fingerprint density at radius 3 is 2.29 bits per heavy atom. The van der Waals surface area contributed by atoms with E-state index in [4.69, 9.17) is 5.21 Å². The minimum absolute atomic E-state index is 0.393. The minimum atomic E-state index is 0.393. The monoisotopic (exact) mass is 332 g/mol. The number of hydrogen-bond donors (Lipinski definition) is 2. The lowest BCUT2D eigenvalue weighted by Gasteiger charge is -2.21. The lowest BCUT2D eigenvalue weighted by Crippen LogP contribution is -2.31. The SMILES string of the molecule is CC(C)=CCC/C=C(\C)CC/C(C)=C/CCC1CCCN=C1NO. The molecule has 0 aromatic heterocycles. The van der Waals surface area contributed by atoms with Crippen molar-refractivity contribution in [3.8, 4) is 0 Å². The molecule has 1 unspecified atom stereocenters. The summed E-state index contributed by atoms with van der Waals surface area (Å²) in [6.07, 6.45) is 16.1. The Labute approximate surface area is 148 Å². The smallest absolute Gasteiger partial charge is 0.123 e. The van der Waals surface area contributed by atoms with E-state index in [1.165, 1.54) is 16.7 Å². The summed E-state index contributed by atoms with van der Waals surface area (Å²) in [5, 5.41) is 9.13. The molecule has 0 saturated heterocycles. The molecule has 0 saturated carbocycles. The zero-order valence-electron chi connectivity index (χ0n) is 16.1. The molecule has 1 aliphatic rings. The van der Waals surface area contributed by atoms with Crippen LogP contribution < -0.4 is 5.48 Å². The molecule has 0 aromatic rings. The van der Waals surface area contributed by atoms with Gasteiger partial charge in [-0.1, -0.05) is 34.9 Å². The topological polar surface area (TPSA) is 44.6 Å². The number of hydroxylamine groups is 1. The number of nitrogens with one attached hydrogen (secondary N) is 1. The summed E-state index contributed by atoms with van der Waals surface area (Å²) < 4.78 is 0. The summed E-state index contributed by atoms with van der Waals surface area (Å²) >= 11 is 0. The molecule has 2 N–H and O–H groups in total. The first kappa shape index (κ1) is 20.7. The fraction of sp³-hybridized carbons (Fsp3) is 0.667. The highest BCUT2D eigenvalue weighted by Gasteiger charge is 2.17. The van der Waals surface area contributed by atoms with E-state index in [0.29, 0.717) is 5.92 Å². The fourth-order valence-electron chi connectivity index (χ4n) is 3.04. The van der Waals surface area contributed by atoms with Gasteiger partial charge in [-0.2, -0.15) is 0 Å². The second-order valence-electron chi connectivity index (χ2n) is 7.26. The highest BCUT2D eigenvalue weighted by atomic mass is 16.5. The van der Waals surface area contributed by atoms with Gasteiger partial charge < -0.3 is 0 Å². The van der Waals surface area contributed by atoms with Gasteiger partial charge in [0.2, 0.25) is 0 Å². The van der Waals surface area contributed by atoms with Crippen LogP contribution in [0.25, 0.3) is 0 Å². The summed E-state index contributed by atoms with van der Waals surface area (Å²) in [6.45, 7) is 9.63. The standard InChI is InChI=1S/C21H36N2O/c1-17(2)9-5-6-10-18(3)14-15-19(4)11-7-12-20-13-8-16-22-21(20)23-24/h9-11,20,24H,5-8,12-16H2,1-4H3,(H,22,23)/b18-10+,19-11+. The second kappa shape index (κ2) is 12.1. The van der Waals surface area contributed by atoms with Crippen molar-refractivity contribution in [2.24, 2.45) is 10.9 Å². The number of rotatable bonds is 9. The van der Waals surface area contributed by atoms with Crippen LogP contribution in [0.2, 0.25) is 0 Å². The molecule has 1 aliphatic heterocycles. The maximum absolute atomic E-state index is 9.13. The van der Waals surface area contributed by atoms with Crippen LogP contribution in [0, 0.1) is 5.92 Å². The molecular formula is C21H36N2O. The van der Waals surface area contributed by atoms with Crippen molar-refractivity contribution in [2.75, 3.05) is 6.54 Å². The normalized spacial score (nSPS) is 19.0. The summed E-state index contributed by atoms with van der Waals surface area (Å²) in [5.41, 5.74) is 6.65. The quantitative estimate of drug-likeness (QED) is 0.310. The molecule has 0 amide bonds. The fourth-order valence-corrected chi connectivity index (χ4v) is 3.04. The molecular weight excluding hydrogens is 296 g/mol. The van der Waals surface area contributed by atoms with Crippen LogP contribution >= 0.6 is 0 Å². The highest BCUT2D eigenvalue weighted by Crippen LogP contribution is 2.20. The van der Waals surface area contributed by atoms with Crippen molar-refractivity contribution in [1.29, 1.82) is 0 Å². The Hall–Kier alpha value is -1.35. The molecule has 0 aliphatic carbocycles. The minimum Gasteiger partial charge on any atom is -0.290 e. The van der Waals surface area contributed by atoms with Gasteiger partial charge >= 0.3 is 0 Å². The van der Waals surface area contributed by atoms with E-state index in [1.54, 1.807) is 0 Å². The molecule has 0 aromatic carbocycles. The molecule has 1 heterocycles. The van der Waals surface area contributed by atoms with Gasteiger partial charge in [0, 0.05) is 12.5 Å². The first-order valence-corrected chi connectivity index (χ1v) is 9.42. The lowest BCUT2D eigenvalue weighted by atomic mass is 9.93. The van der Waals surface area contributed by atoms with E-state index in [1.807, 2.05) is 0 Å². The van der Waals surface area contributed by atoms with Crippen LogP contribution in [0.5, 0.6) is 0 Å². The summed E-state index contributed by atoms with van der Waals surface area (Å²) in [7, 11) is 0. The molecule has 136 valence electrons. The predicted octanol–water partition coefficient (Wildman–Crippen LogP) is 5.97. The van der Waals surface area contributed by atoms with E-state index in [0.717, 1.165) is 63.7 Å². The molecule has 0 radical (unpaired) electrons. The van der Waals surface area contributed by atoms with Gasteiger partial charge in [0.05, 0.1) is 0 Å². The number of unbranched alkanes of at least 4 members (excludes halogenated alkanes) is 1. The zero-order valence-corrected chi connectivity index (χ0v) is 16.1. The third-order valence-electron chi connectivity index (χ3n) is 4.63. The van der Waals surface area contributed by atoms with Crippen LogP contribution in [0.15, 0.2) is 39.9 Å². The molecule has 3 nitrogen and oxygen atoms in total. The van der Waals surface area contributed by atoms with E-state index < -0.39 is 0 Å². The van der Waals surface area contributed by atoms with Crippen molar-refractivity contribution in [1.82, 2.24) is 5.48 Å². The predicted molar refractivity (Wildman–Crippen MR) is 105 cm³/mol. The molecule has 0 fully saturated rings. The van der Waals surface area contributed by atoms with Crippen molar-refractivity contribution < 1.29 is 5.21 Å². The third-order valence-corrected chi connectivity index (χ3v) is 4.63. The zero-order chi connectivity index (χ0) is 17.8. The largest absolute Gasteiger partial charge is 0.290 e. The van der Waals surface area contributed by atoms with E-state index in [2.05, 4.69) is 56.4 Å². The van der Waals surface area contributed by atoms with Crippen LogP contribution in [0.1, 0.15) is 79.1 Å². The summed E-state index contributed by atoms with van der Waals surface area (Å²) in [4.78, 5) is 4.36. The van der Waals surface area contributed by atoms with Gasteiger partial charge in [0.25, 0.3) is 0 Å². The molecule has 24 heavy (non-hydrogen) atoms. The number of aliphatic imine (C=N–C) groups is 1. The average Bonchev–Trinajstić information content (AvgIpc) is 2.57. The first-order chi connectivity index (χ1) is 11.5. The van der Waals surface area contributed by atoms with Crippen LogP contribution in [0.4, 0.5) is 0 Å². The Balaban J connectivity index is 2.26. The Morgan fingerprint density at radius 1 is 1.04 bits per heavy atom. The Kier molecular flexibility index (Phi) is 10.4. The molecule has 0 spiro atoms. The molecule has 0 bridgehead atoms. The number of hydrogen-bond acceptors (Lipinski definition) is 3. The van der Waals surface area contributed by atoms with Gasteiger partial charge in [-0.3, -0.25) is 15.7 Å². The number of amidine groups is 1. The maximum atomic E-state index is 9.13. The maximum Gasteiger partial charge on any atom is 0.123 e. The lowest BCUT2D eigenvalue weighted by molar-refractivity contribution is 0.222. The Bertz CT molecular complexity index is 482. The van der Waals surface area contributed by atoms with Gasteiger partial charge in [-0.15, -0.1) is 0 Å². The first-order valence-electron chi connectivity index (χ1n) is 9.42. The van der Waals surface area contributed by atoms with Gasteiger partial charge in [0.15, 0.2) is 0 Å². The van der Waals surface area contributed by atoms with Crippen LogP contribution in [-0.2, 0) is 0 Å². The van der Waals surface area contributed by atoms with Crippen molar-refractivity contribution in [3.05, 3.63) is 34.9 Å². The Morgan fingerprint density at radius 2 is 1.67 bits per heavy atom. The number of allylic oxidation sites excluding steroid dienone is 6. The van der Waals surface area contributed by atoms with Crippen molar-refractivity contribution >= 4 is 5.84 Å². The van der Waals surface area contributed by atoms with Gasteiger partial charge in [-0.05, 0) is 79.1 Å². The molecule has 1 rings (SSSR count). The van der Waals surface area contributed by atoms with Crippen LogP contribution in [0.3, 0.4) is 0 Å². The van der Waals surface area contributed by atoms with E-state index in [9.17, 15) is 0 Å². The molecule has 1 atom stereocenters.